The molecule has 148 valence electrons. The van der Waals surface area contributed by atoms with E-state index in [4.69, 9.17) is 9.47 Å². The number of carbonyl (C=O) groups excluding carboxylic acids is 2. The molecule has 1 aliphatic heterocycles. The summed E-state index contributed by atoms with van der Waals surface area (Å²) >= 11 is 0. The highest BCUT2D eigenvalue weighted by molar-refractivity contribution is 5.95. The molecule has 1 aliphatic rings. The van der Waals surface area contributed by atoms with Crippen LogP contribution < -0.4 is 9.47 Å². The van der Waals surface area contributed by atoms with Crippen LogP contribution in [0.15, 0.2) is 48.5 Å². The van der Waals surface area contributed by atoms with Crippen molar-refractivity contribution >= 4 is 11.8 Å². The fourth-order valence-electron chi connectivity index (χ4n) is 3.31. The van der Waals surface area contributed by atoms with Crippen LogP contribution in [0.1, 0.15) is 34.1 Å². The van der Waals surface area contributed by atoms with Gasteiger partial charge in [0.15, 0.2) is 0 Å². The second-order valence-electron chi connectivity index (χ2n) is 6.63. The van der Waals surface area contributed by atoms with E-state index < -0.39 is 0 Å². The fraction of sp³-hybridized carbons (Fsp3) is 0.364. The van der Waals surface area contributed by atoms with Gasteiger partial charge >= 0.3 is 0 Å². The summed E-state index contributed by atoms with van der Waals surface area (Å²) in [4.78, 5) is 29.3. The minimum Gasteiger partial charge on any atom is -0.497 e. The number of nitrogens with zero attached hydrogens (tertiary/aromatic N) is 2. The van der Waals surface area contributed by atoms with Gasteiger partial charge in [-0.05, 0) is 55.8 Å². The zero-order valence-corrected chi connectivity index (χ0v) is 16.4. The summed E-state index contributed by atoms with van der Waals surface area (Å²) in [5.41, 5.74) is 1.24. The first-order chi connectivity index (χ1) is 13.6. The van der Waals surface area contributed by atoms with Gasteiger partial charge in [-0.15, -0.1) is 0 Å². The van der Waals surface area contributed by atoms with Crippen molar-refractivity contribution < 1.29 is 19.1 Å². The van der Waals surface area contributed by atoms with E-state index in [1.165, 1.54) is 0 Å². The molecular formula is C22H26N2O4. The lowest BCUT2D eigenvalue weighted by Crippen LogP contribution is -2.37. The number of hydrogen-bond donors (Lipinski definition) is 0. The third-order valence-corrected chi connectivity index (χ3v) is 4.80. The number of ether oxygens (including phenoxy) is 2. The number of carbonyl (C=O) groups is 2. The molecule has 0 saturated carbocycles. The van der Waals surface area contributed by atoms with Crippen molar-refractivity contribution in [3.8, 4) is 11.5 Å². The average molecular weight is 382 g/mol. The van der Waals surface area contributed by atoms with Crippen LogP contribution >= 0.6 is 0 Å². The van der Waals surface area contributed by atoms with Crippen molar-refractivity contribution in [1.82, 2.24) is 9.80 Å². The molecule has 2 aromatic rings. The first kappa shape index (κ1) is 19.7. The van der Waals surface area contributed by atoms with Crippen molar-refractivity contribution in [2.24, 2.45) is 0 Å². The van der Waals surface area contributed by atoms with Gasteiger partial charge in [-0.2, -0.15) is 0 Å². The Balaban J connectivity index is 1.63. The van der Waals surface area contributed by atoms with Crippen LogP contribution in [-0.2, 0) is 0 Å². The topological polar surface area (TPSA) is 59.1 Å². The van der Waals surface area contributed by atoms with E-state index in [0.717, 1.165) is 12.2 Å². The summed E-state index contributed by atoms with van der Waals surface area (Å²) in [7, 11) is 1.58. The number of amides is 2. The van der Waals surface area contributed by atoms with Crippen LogP contribution in [0.3, 0.4) is 0 Å². The molecule has 0 spiro atoms. The predicted octanol–water partition coefficient (Wildman–Crippen LogP) is 3.08. The molecule has 0 aromatic heterocycles. The molecule has 28 heavy (non-hydrogen) atoms. The molecule has 0 atom stereocenters. The minimum atomic E-state index is -0.0331. The van der Waals surface area contributed by atoms with Crippen molar-refractivity contribution in [2.45, 2.75) is 13.3 Å². The minimum absolute atomic E-state index is 0.0151. The van der Waals surface area contributed by atoms with Crippen LogP contribution in [0.5, 0.6) is 11.5 Å². The second-order valence-corrected chi connectivity index (χ2v) is 6.63. The largest absolute Gasteiger partial charge is 0.497 e. The Kier molecular flexibility index (Phi) is 6.53. The van der Waals surface area contributed by atoms with Crippen LogP contribution in [0.2, 0.25) is 0 Å². The maximum atomic E-state index is 12.8. The number of benzene rings is 2. The van der Waals surface area contributed by atoms with Gasteiger partial charge in [-0.1, -0.05) is 6.07 Å². The molecule has 0 radical (unpaired) electrons. The summed E-state index contributed by atoms with van der Waals surface area (Å²) in [5, 5.41) is 0. The van der Waals surface area contributed by atoms with E-state index in [1.54, 1.807) is 36.3 Å². The molecule has 2 amide bonds. The normalized spacial score (nSPS) is 14.4. The molecule has 3 rings (SSSR count). The Morgan fingerprint density at radius 2 is 1.50 bits per heavy atom. The lowest BCUT2D eigenvalue weighted by atomic mass is 10.2. The van der Waals surface area contributed by atoms with Crippen LogP contribution in [0.25, 0.3) is 0 Å². The van der Waals surface area contributed by atoms with E-state index >= 15 is 0 Å². The van der Waals surface area contributed by atoms with E-state index in [2.05, 4.69) is 0 Å². The summed E-state index contributed by atoms with van der Waals surface area (Å²) in [6, 6.07) is 14.4. The van der Waals surface area contributed by atoms with Gasteiger partial charge in [0.1, 0.15) is 11.5 Å². The quantitative estimate of drug-likeness (QED) is 0.797. The van der Waals surface area contributed by atoms with Gasteiger partial charge in [0.2, 0.25) is 0 Å². The summed E-state index contributed by atoms with van der Waals surface area (Å²) in [6.45, 7) is 4.81. The van der Waals surface area contributed by atoms with Gasteiger partial charge in [-0.3, -0.25) is 9.59 Å². The van der Waals surface area contributed by atoms with Crippen molar-refractivity contribution in [2.75, 3.05) is 39.9 Å². The smallest absolute Gasteiger partial charge is 0.254 e. The third-order valence-electron chi connectivity index (χ3n) is 4.80. The number of rotatable bonds is 5. The molecule has 6 heteroatoms. The lowest BCUT2D eigenvalue weighted by Gasteiger charge is -2.22. The molecule has 1 heterocycles. The average Bonchev–Trinajstić information content (AvgIpc) is 3.00. The standard InChI is InChI=1S/C22H26N2O4/c1-3-28-19-10-8-17(9-11-19)21(25)23-12-5-13-24(15-14-23)22(26)18-6-4-7-20(16-18)27-2/h4,6-11,16H,3,5,12-15H2,1-2H3. The summed E-state index contributed by atoms with van der Waals surface area (Å²) < 4.78 is 10.6. The highest BCUT2D eigenvalue weighted by Crippen LogP contribution is 2.17. The monoisotopic (exact) mass is 382 g/mol. The Morgan fingerprint density at radius 1 is 0.857 bits per heavy atom. The second kappa shape index (κ2) is 9.26. The summed E-state index contributed by atoms with van der Waals surface area (Å²) in [5.74, 6) is 1.37. The SMILES string of the molecule is CCOc1ccc(C(=O)N2CCCN(C(=O)c3cccc(OC)c3)CC2)cc1. The van der Waals surface area contributed by atoms with Gasteiger partial charge in [0.25, 0.3) is 11.8 Å². The van der Waals surface area contributed by atoms with Crippen LogP contribution in [0.4, 0.5) is 0 Å². The molecular weight excluding hydrogens is 356 g/mol. The molecule has 0 aliphatic carbocycles. The number of methoxy groups -OCH3 is 1. The molecule has 0 bridgehead atoms. The Morgan fingerprint density at radius 3 is 2.11 bits per heavy atom. The highest BCUT2D eigenvalue weighted by atomic mass is 16.5. The van der Waals surface area contributed by atoms with Gasteiger partial charge in [-0.25, -0.2) is 0 Å². The van der Waals surface area contributed by atoms with E-state index in [1.807, 2.05) is 36.1 Å². The molecule has 0 N–H and O–H groups in total. The fourth-order valence-corrected chi connectivity index (χ4v) is 3.31. The number of hydrogen-bond acceptors (Lipinski definition) is 4. The maximum absolute atomic E-state index is 12.8. The van der Waals surface area contributed by atoms with Crippen molar-refractivity contribution in [3.63, 3.8) is 0 Å². The summed E-state index contributed by atoms with van der Waals surface area (Å²) in [6.07, 6.45) is 0.748. The molecule has 1 fully saturated rings. The molecule has 0 unspecified atom stereocenters. The third kappa shape index (κ3) is 4.63. The first-order valence-corrected chi connectivity index (χ1v) is 9.58. The van der Waals surface area contributed by atoms with Gasteiger partial charge < -0.3 is 19.3 Å². The van der Waals surface area contributed by atoms with Crippen molar-refractivity contribution in [3.05, 3.63) is 59.7 Å². The predicted molar refractivity (Wildman–Crippen MR) is 107 cm³/mol. The zero-order chi connectivity index (χ0) is 19.9. The zero-order valence-electron chi connectivity index (χ0n) is 16.4. The van der Waals surface area contributed by atoms with Gasteiger partial charge in [0, 0.05) is 37.3 Å². The lowest BCUT2D eigenvalue weighted by molar-refractivity contribution is 0.0718. The Hall–Kier alpha value is -3.02. The maximum Gasteiger partial charge on any atom is 0.254 e. The van der Waals surface area contributed by atoms with Gasteiger partial charge in [0.05, 0.1) is 13.7 Å². The Labute approximate surface area is 165 Å². The molecule has 2 aromatic carbocycles. The van der Waals surface area contributed by atoms with Crippen molar-refractivity contribution in [1.29, 1.82) is 0 Å². The Bertz CT molecular complexity index is 820. The van der Waals surface area contributed by atoms with Crippen LogP contribution in [-0.4, -0.2) is 61.5 Å². The van der Waals surface area contributed by atoms with E-state index in [0.29, 0.717) is 49.7 Å². The molecule has 6 nitrogen and oxygen atoms in total. The first-order valence-electron chi connectivity index (χ1n) is 9.58. The van der Waals surface area contributed by atoms with E-state index in [9.17, 15) is 9.59 Å². The highest BCUT2D eigenvalue weighted by Gasteiger charge is 2.23. The van der Waals surface area contributed by atoms with E-state index in [-0.39, 0.29) is 11.8 Å². The molecule has 1 saturated heterocycles. The van der Waals surface area contributed by atoms with Crippen LogP contribution in [0, 0.1) is 0 Å².